The molecule has 1 aliphatic carbocycles. The van der Waals surface area contributed by atoms with Gasteiger partial charge in [0, 0.05) is 17.3 Å². The molecule has 2 N–H and O–H groups in total. The Bertz CT molecular complexity index is 1170. The van der Waals surface area contributed by atoms with Crippen LogP contribution >= 0.6 is 11.6 Å². The fourth-order valence-corrected chi connectivity index (χ4v) is 6.93. The minimum Gasteiger partial charge on any atom is -0.492 e. The quantitative estimate of drug-likeness (QED) is 0.619. The number of carbonyl (C=O) groups is 1. The summed E-state index contributed by atoms with van der Waals surface area (Å²) in [4.78, 5) is 15.3. The minimum absolute atomic E-state index is 0.0554. The van der Waals surface area contributed by atoms with Crippen molar-refractivity contribution in [3.05, 3.63) is 53.1 Å². The maximum absolute atomic E-state index is 12.8. The zero-order chi connectivity index (χ0) is 23.3. The van der Waals surface area contributed by atoms with Gasteiger partial charge in [-0.3, -0.25) is 9.69 Å². The van der Waals surface area contributed by atoms with E-state index in [-0.39, 0.29) is 17.4 Å². The highest BCUT2D eigenvalue weighted by Gasteiger charge is 2.54. The predicted molar refractivity (Wildman–Crippen MR) is 126 cm³/mol. The number of amides is 1. The Kier molecular flexibility index (Phi) is 5.68. The Morgan fingerprint density at radius 2 is 1.76 bits per heavy atom. The molecule has 2 fully saturated rings. The molecule has 0 radical (unpaired) electrons. The van der Waals surface area contributed by atoms with Gasteiger partial charge >= 0.3 is 0 Å². The SMILES string of the molecule is O=C1Nc2ccc(Cl)cc2C12CCN(CCOc1ccc(S(=O)(=O)C3(CO)CC3)cc1)CC2. The molecule has 0 aromatic heterocycles. The number of sulfone groups is 1. The van der Waals surface area contributed by atoms with Gasteiger partial charge in [0.1, 0.15) is 12.4 Å². The molecule has 2 aromatic rings. The molecule has 2 aliphatic heterocycles. The third kappa shape index (κ3) is 3.83. The molecule has 2 heterocycles. The van der Waals surface area contributed by atoms with Crippen LogP contribution in [-0.4, -0.2) is 61.9 Å². The maximum atomic E-state index is 12.8. The summed E-state index contributed by atoms with van der Waals surface area (Å²) in [6.07, 6.45) is 2.46. The number of carbonyl (C=O) groups excluding carboxylic acids is 1. The Morgan fingerprint density at radius 3 is 2.39 bits per heavy atom. The molecule has 1 spiro atoms. The summed E-state index contributed by atoms with van der Waals surface area (Å²) in [5.41, 5.74) is 1.35. The van der Waals surface area contributed by atoms with Crippen LogP contribution < -0.4 is 10.1 Å². The zero-order valence-corrected chi connectivity index (χ0v) is 19.8. The van der Waals surface area contributed by atoms with Gasteiger partial charge in [-0.15, -0.1) is 0 Å². The van der Waals surface area contributed by atoms with E-state index in [9.17, 15) is 18.3 Å². The summed E-state index contributed by atoms with van der Waals surface area (Å²) in [7, 11) is -3.53. The van der Waals surface area contributed by atoms with Gasteiger partial charge < -0.3 is 15.2 Å². The number of ether oxygens (including phenoxy) is 1. The van der Waals surface area contributed by atoms with Crippen molar-refractivity contribution in [3.63, 3.8) is 0 Å². The number of fused-ring (bicyclic) bond motifs is 2. The standard InChI is InChI=1S/C24H27ClN2O5S/c25-17-1-6-21-20(15-17)24(22(29)26-21)9-11-27(12-10-24)13-14-32-18-2-4-19(5-3-18)33(30,31)23(16-28)7-8-23/h1-6,15,28H,7-14,16H2,(H,26,29). The molecule has 33 heavy (non-hydrogen) atoms. The summed E-state index contributed by atoms with van der Waals surface area (Å²) in [6.45, 7) is 2.40. The Morgan fingerprint density at radius 1 is 1.06 bits per heavy atom. The lowest BCUT2D eigenvalue weighted by Gasteiger charge is -2.37. The van der Waals surface area contributed by atoms with Crippen molar-refractivity contribution >= 4 is 33.0 Å². The number of nitrogens with zero attached hydrogens (tertiary/aromatic N) is 1. The van der Waals surface area contributed by atoms with Gasteiger partial charge in [-0.05, 0) is 86.8 Å². The van der Waals surface area contributed by atoms with Gasteiger partial charge in [-0.1, -0.05) is 11.6 Å². The smallest absolute Gasteiger partial charge is 0.235 e. The van der Waals surface area contributed by atoms with E-state index in [4.69, 9.17) is 16.3 Å². The first-order valence-corrected chi connectivity index (χ1v) is 13.1. The fourth-order valence-electron chi connectivity index (χ4n) is 4.95. The van der Waals surface area contributed by atoms with Gasteiger partial charge in [0.05, 0.1) is 21.7 Å². The van der Waals surface area contributed by atoms with Crippen LogP contribution in [0.4, 0.5) is 5.69 Å². The number of halogens is 1. The average molecular weight is 491 g/mol. The van der Waals surface area contributed by atoms with Gasteiger partial charge in [0.2, 0.25) is 5.91 Å². The molecule has 176 valence electrons. The number of benzene rings is 2. The zero-order valence-electron chi connectivity index (χ0n) is 18.2. The number of hydrogen-bond acceptors (Lipinski definition) is 6. The summed E-state index contributed by atoms with van der Waals surface area (Å²) in [6, 6.07) is 12.0. The third-order valence-corrected chi connectivity index (χ3v) is 10.2. The molecule has 9 heteroatoms. The molecule has 1 saturated carbocycles. The van der Waals surface area contributed by atoms with Crippen molar-refractivity contribution in [2.24, 2.45) is 0 Å². The molecule has 1 saturated heterocycles. The second-order valence-corrected chi connectivity index (χ2v) is 12.0. The second-order valence-electron chi connectivity index (χ2n) is 9.23. The summed E-state index contributed by atoms with van der Waals surface area (Å²) >= 11 is 6.19. The first-order valence-electron chi connectivity index (χ1n) is 11.2. The van der Waals surface area contributed by atoms with E-state index in [0.29, 0.717) is 36.8 Å². The molecule has 0 bridgehead atoms. The number of nitrogens with one attached hydrogen (secondary N) is 1. The number of rotatable bonds is 7. The minimum atomic E-state index is -3.53. The first-order chi connectivity index (χ1) is 15.8. The lowest BCUT2D eigenvalue weighted by molar-refractivity contribution is -0.122. The molecular weight excluding hydrogens is 464 g/mol. The molecule has 2 aromatic carbocycles. The number of likely N-dealkylation sites (tertiary alicyclic amines) is 1. The molecule has 0 unspecified atom stereocenters. The van der Waals surface area contributed by atoms with Crippen LogP contribution in [0, 0.1) is 0 Å². The van der Waals surface area contributed by atoms with E-state index in [1.54, 1.807) is 30.3 Å². The molecule has 5 rings (SSSR count). The van der Waals surface area contributed by atoms with Crippen molar-refractivity contribution in [2.75, 3.05) is 38.2 Å². The summed E-state index contributed by atoms with van der Waals surface area (Å²) in [5, 5.41) is 13.1. The predicted octanol–water partition coefficient (Wildman–Crippen LogP) is 3.00. The van der Waals surface area contributed by atoms with Crippen LogP contribution in [0.1, 0.15) is 31.2 Å². The van der Waals surface area contributed by atoms with Gasteiger partial charge in [-0.2, -0.15) is 0 Å². The molecule has 1 amide bonds. The van der Waals surface area contributed by atoms with E-state index < -0.39 is 20.0 Å². The number of aliphatic hydroxyl groups is 1. The van der Waals surface area contributed by atoms with E-state index in [1.807, 2.05) is 12.1 Å². The van der Waals surface area contributed by atoms with Crippen molar-refractivity contribution < 1.29 is 23.1 Å². The highest BCUT2D eigenvalue weighted by atomic mass is 35.5. The second kappa shape index (κ2) is 8.27. The number of hydrogen-bond donors (Lipinski definition) is 2. The van der Waals surface area contributed by atoms with Crippen LogP contribution in [0.15, 0.2) is 47.4 Å². The highest BCUT2D eigenvalue weighted by molar-refractivity contribution is 7.93. The Hall–Kier alpha value is -2.13. The lowest BCUT2D eigenvalue weighted by atomic mass is 9.73. The monoisotopic (exact) mass is 490 g/mol. The normalized spacial score (nSPS) is 21.0. The van der Waals surface area contributed by atoms with Crippen LogP contribution in [0.25, 0.3) is 0 Å². The number of anilines is 1. The summed E-state index contributed by atoms with van der Waals surface area (Å²) in [5.74, 6) is 0.662. The number of piperidine rings is 1. The highest BCUT2D eigenvalue weighted by Crippen LogP contribution is 2.47. The topological polar surface area (TPSA) is 95.9 Å². The van der Waals surface area contributed by atoms with Gasteiger partial charge in [-0.25, -0.2) is 8.42 Å². The van der Waals surface area contributed by atoms with Crippen LogP contribution in [0.5, 0.6) is 5.75 Å². The van der Waals surface area contributed by atoms with Crippen molar-refractivity contribution in [1.29, 1.82) is 0 Å². The Labute approximate surface area is 198 Å². The van der Waals surface area contributed by atoms with Crippen molar-refractivity contribution in [3.8, 4) is 5.75 Å². The van der Waals surface area contributed by atoms with Crippen LogP contribution in [-0.2, 0) is 20.0 Å². The van der Waals surface area contributed by atoms with E-state index in [0.717, 1.165) is 37.2 Å². The van der Waals surface area contributed by atoms with Gasteiger partial charge in [0.25, 0.3) is 0 Å². The molecule has 7 nitrogen and oxygen atoms in total. The Balaban J connectivity index is 1.15. The first kappa shape index (κ1) is 22.7. The van der Waals surface area contributed by atoms with Crippen molar-refractivity contribution in [2.45, 2.75) is 40.7 Å². The molecule has 0 atom stereocenters. The fraction of sp³-hybridized carbons (Fsp3) is 0.458. The van der Waals surface area contributed by atoms with Crippen LogP contribution in [0.3, 0.4) is 0 Å². The van der Waals surface area contributed by atoms with E-state index in [1.165, 1.54) is 0 Å². The average Bonchev–Trinajstić information content (AvgIpc) is 3.59. The third-order valence-electron chi connectivity index (χ3n) is 7.37. The van der Waals surface area contributed by atoms with E-state index in [2.05, 4.69) is 10.2 Å². The molecule has 3 aliphatic rings. The largest absolute Gasteiger partial charge is 0.492 e. The van der Waals surface area contributed by atoms with Crippen molar-refractivity contribution in [1.82, 2.24) is 4.90 Å². The lowest BCUT2D eigenvalue weighted by Crippen LogP contribution is -2.47. The maximum Gasteiger partial charge on any atom is 0.235 e. The van der Waals surface area contributed by atoms with E-state index >= 15 is 0 Å². The van der Waals surface area contributed by atoms with Crippen LogP contribution in [0.2, 0.25) is 5.02 Å². The number of aliphatic hydroxyl groups excluding tert-OH is 1. The molecular formula is C24H27ClN2O5S. The van der Waals surface area contributed by atoms with Gasteiger partial charge in [0.15, 0.2) is 9.84 Å². The summed E-state index contributed by atoms with van der Waals surface area (Å²) < 4.78 is 30.2.